The summed E-state index contributed by atoms with van der Waals surface area (Å²) in [6.45, 7) is 21.1. The third-order valence-corrected chi connectivity index (χ3v) is 12.1. The van der Waals surface area contributed by atoms with Gasteiger partial charge in [0.15, 0.2) is 0 Å². The van der Waals surface area contributed by atoms with Gasteiger partial charge in [-0.2, -0.15) is 0 Å². The van der Waals surface area contributed by atoms with E-state index in [1.165, 1.54) is 28.5 Å². The van der Waals surface area contributed by atoms with Gasteiger partial charge in [-0.15, -0.1) is 0 Å². The molecular formula is C30H42OSi. The van der Waals surface area contributed by atoms with Gasteiger partial charge in [-0.1, -0.05) is 95.4 Å². The molecule has 0 bridgehead atoms. The average Bonchev–Trinajstić information content (AvgIpc) is 3.04. The van der Waals surface area contributed by atoms with E-state index in [0.29, 0.717) is 23.3 Å². The number of fused-ring (bicyclic) bond motifs is 3. The van der Waals surface area contributed by atoms with Crippen LogP contribution in [0.25, 0.3) is 6.08 Å². The van der Waals surface area contributed by atoms with Crippen molar-refractivity contribution < 1.29 is 4.74 Å². The summed E-state index contributed by atoms with van der Waals surface area (Å²) in [5, 5.41) is 1.50. The molecule has 0 N–H and O–H groups in total. The molecule has 2 aliphatic rings. The molecule has 2 aromatic rings. The van der Waals surface area contributed by atoms with Crippen molar-refractivity contribution in [1.29, 1.82) is 0 Å². The molecule has 32 heavy (non-hydrogen) atoms. The molecule has 1 fully saturated rings. The quantitative estimate of drug-likeness (QED) is 0.435. The summed E-state index contributed by atoms with van der Waals surface area (Å²) in [5.41, 5.74) is 4.88. The molecule has 1 saturated carbocycles. The van der Waals surface area contributed by atoms with Crippen LogP contribution in [0.4, 0.5) is 0 Å². The molecule has 0 radical (unpaired) electrons. The summed E-state index contributed by atoms with van der Waals surface area (Å²) in [7, 11) is -1.85. The maximum absolute atomic E-state index is 6.77. The third kappa shape index (κ3) is 4.11. The van der Waals surface area contributed by atoms with Crippen LogP contribution < -0.4 is 9.92 Å². The minimum absolute atomic E-state index is 0.0518. The van der Waals surface area contributed by atoms with Gasteiger partial charge in [-0.05, 0) is 77.8 Å². The van der Waals surface area contributed by atoms with Crippen molar-refractivity contribution in [3.63, 3.8) is 0 Å². The van der Waals surface area contributed by atoms with Crippen LogP contribution in [0.2, 0.25) is 18.6 Å². The molecule has 0 spiro atoms. The highest BCUT2D eigenvalue weighted by Crippen LogP contribution is 2.57. The van der Waals surface area contributed by atoms with Crippen LogP contribution in [0.1, 0.15) is 77.5 Å². The Morgan fingerprint density at radius 3 is 2.25 bits per heavy atom. The highest BCUT2D eigenvalue weighted by molar-refractivity contribution is 6.91. The lowest BCUT2D eigenvalue weighted by atomic mass is 9.78. The fourth-order valence-corrected chi connectivity index (χ4v) is 10.2. The summed E-state index contributed by atoms with van der Waals surface area (Å²) in [5.74, 6) is 3.15. The molecule has 4 rings (SSSR count). The fourth-order valence-electron chi connectivity index (χ4n) is 6.31. The standard InChI is InChI=1S/C30H42OSi/c1-20-19-26(23-18-17-21-13-10-11-14-22(21)27(20)23)32(8,9)25-16-12-15-24(29(2,3)4)28(25)31-30(5,6)7/h10-18,20,23,26-27H,19H2,1-9H3. The van der Waals surface area contributed by atoms with E-state index >= 15 is 0 Å². The average molecular weight is 447 g/mol. The molecule has 0 heterocycles. The molecule has 0 aromatic heterocycles. The first kappa shape index (κ1) is 23.4. The van der Waals surface area contributed by atoms with Gasteiger partial charge in [0.05, 0.1) is 8.07 Å². The van der Waals surface area contributed by atoms with Crippen molar-refractivity contribution in [2.45, 2.75) is 90.5 Å². The zero-order chi connectivity index (χ0) is 23.5. The minimum Gasteiger partial charge on any atom is -0.488 e. The van der Waals surface area contributed by atoms with E-state index in [1.807, 2.05) is 0 Å². The molecule has 2 heteroatoms. The summed E-state index contributed by atoms with van der Waals surface area (Å²) >= 11 is 0. The lowest BCUT2D eigenvalue weighted by Crippen LogP contribution is -2.49. The van der Waals surface area contributed by atoms with E-state index in [2.05, 4.69) is 116 Å². The van der Waals surface area contributed by atoms with E-state index in [4.69, 9.17) is 4.74 Å². The molecule has 1 nitrogen and oxygen atoms in total. The molecular weight excluding hydrogens is 404 g/mol. The lowest BCUT2D eigenvalue weighted by molar-refractivity contribution is 0.129. The molecule has 172 valence electrons. The molecule has 2 aromatic carbocycles. The summed E-state index contributed by atoms with van der Waals surface area (Å²) in [6, 6.07) is 16.0. The van der Waals surface area contributed by atoms with Gasteiger partial charge >= 0.3 is 0 Å². The Balaban J connectivity index is 1.81. The number of ether oxygens (including phenoxy) is 1. The van der Waals surface area contributed by atoms with Crippen LogP contribution in [0, 0.1) is 11.8 Å². The van der Waals surface area contributed by atoms with Crippen molar-refractivity contribution in [1.82, 2.24) is 0 Å². The SMILES string of the molecule is CC1CC([Si](C)(C)c2cccc(C(C)(C)C)c2OC(C)(C)C)C2C=Cc3ccccc3C12. The van der Waals surface area contributed by atoms with Crippen LogP contribution in [-0.2, 0) is 5.41 Å². The topological polar surface area (TPSA) is 9.23 Å². The number of hydrogen-bond acceptors (Lipinski definition) is 1. The maximum atomic E-state index is 6.77. The predicted octanol–water partition coefficient (Wildman–Crippen LogP) is 7.91. The van der Waals surface area contributed by atoms with Crippen LogP contribution in [0.5, 0.6) is 5.75 Å². The maximum Gasteiger partial charge on any atom is 0.123 e. The largest absolute Gasteiger partial charge is 0.488 e. The Morgan fingerprint density at radius 1 is 0.906 bits per heavy atom. The van der Waals surface area contributed by atoms with Gasteiger partial charge in [0.2, 0.25) is 0 Å². The highest BCUT2D eigenvalue weighted by Gasteiger charge is 2.50. The summed E-state index contributed by atoms with van der Waals surface area (Å²) in [4.78, 5) is 0. The van der Waals surface area contributed by atoms with Crippen molar-refractivity contribution in [2.24, 2.45) is 11.8 Å². The van der Waals surface area contributed by atoms with E-state index < -0.39 is 8.07 Å². The molecule has 4 unspecified atom stereocenters. The van der Waals surface area contributed by atoms with E-state index in [0.717, 1.165) is 0 Å². The van der Waals surface area contributed by atoms with E-state index in [9.17, 15) is 0 Å². The summed E-state index contributed by atoms with van der Waals surface area (Å²) < 4.78 is 6.77. The monoisotopic (exact) mass is 446 g/mol. The van der Waals surface area contributed by atoms with Gasteiger partial charge in [-0.3, -0.25) is 0 Å². The molecule has 0 saturated heterocycles. The second kappa shape index (κ2) is 7.90. The lowest BCUT2D eigenvalue weighted by Gasteiger charge is -2.39. The van der Waals surface area contributed by atoms with E-state index in [-0.39, 0.29) is 11.0 Å². The van der Waals surface area contributed by atoms with Crippen LogP contribution in [-0.4, -0.2) is 13.7 Å². The number of hydrogen-bond donors (Lipinski definition) is 0. The van der Waals surface area contributed by atoms with E-state index in [1.54, 1.807) is 5.56 Å². The second-order valence-electron chi connectivity index (χ2n) is 12.8. The molecule has 0 amide bonds. The summed E-state index contributed by atoms with van der Waals surface area (Å²) in [6.07, 6.45) is 6.25. The highest BCUT2D eigenvalue weighted by atomic mass is 28.3. The van der Waals surface area contributed by atoms with Crippen molar-refractivity contribution >= 4 is 19.3 Å². The van der Waals surface area contributed by atoms with Crippen molar-refractivity contribution in [2.75, 3.05) is 0 Å². The number of para-hydroxylation sites is 1. The normalized spacial score (nSPS) is 25.4. The molecule has 4 atom stereocenters. The third-order valence-electron chi connectivity index (χ3n) is 7.82. The van der Waals surface area contributed by atoms with Crippen molar-refractivity contribution in [3.8, 4) is 5.75 Å². The predicted molar refractivity (Wildman–Crippen MR) is 142 cm³/mol. The van der Waals surface area contributed by atoms with Crippen LogP contribution >= 0.6 is 0 Å². The smallest absolute Gasteiger partial charge is 0.123 e. The van der Waals surface area contributed by atoms with Gasteiger partial charge in [0.1, 0.15) is 11.4 Å². The molecule has 2 aliphatic carbocycles. The zero-order valence-electron chi connectivity index (χ0n) is 21.6. The van der Waals surface area contributed by atoms with Crippen molar-refractivity contribution in [3.05, 3.63) is 65.2 Å². The Kier molecular flexibility index (Phi) is 5.77. The van der Waals surface area contributed by atoms with Gasteiger partial charge < -0.3 is 4.74 Å². The minimum atomic E-state index is -1.85. The first-order valence-electron chi connectivity index (χ1n) is 12.4. The Bertz CT molecular complexity index is 1020. The Labute approximate surface area is 197 Å². The van der Waals surface area contributed by atoms with Gasteiger partial charge in [-0.25, -0.2) is 0 Å². The number of benzene rings is 2. The Morgan fingerprint density at radius 2 is 1.59 bits per heavy atom. The number of rotatable bonds is 3. The number of allylic oxidation sites excluding steroid dienone is 1. The first-order valence-corrected chi connectivity index (χ1v) is 15.5. The van der Waals surface area contributed by atoms with Gasteiger partial charge in [0, 0.05) is 0 Å². The second-order valence-corrected chi connectivity index (χ2v) is 17.5. The van der Waals surface area contributed by atoms with Crippen LogP contribution in [0.15, 0.2) is 48.5 Å². The molecule has 0 aliphatic heterocycles. The van der Waals surface area contributed by atoms with Gasteiger partial charge in [0.25, 0.3) is 0 Å². The first-order chi connectivity index (χ1) is 14.8. The zero-order valence-corrected chi connectivity index (χ0v) is 22.6. The van der Waals surface area contributed by atoms with Crippen LogP contribution in [0.3, 0.4) is 0 Å². The fraction of sp³-hybridized carbons (Fsp3) is 0.533. The Hall–Kier alpha value is -1.80.